The fourth-order valence-corrected chi connectivity index (χ4v) is 1.13. The van der Waals surface area contributed by atoms with Crippen LogP contribution in [0.2, 0.25) is 0 Å². The molecular formula is C8H7FN2O. The zero-order chi connectivity index (χ0) is 8.55. The van der Waals surface area contributed by atoms with Crippen LogP contribution in [-0.4, -0.2) is 15.3 Å². The summed E-state index contributed by atoms with van der Waals surface area (Å²) in [5.41, 5.74) is 1.02. The highest BCUT2D eigenvalue weighted by molar-refractivity contribution is 5.78. The standard InChI is InChI=1S/C8H7FN2O/c9-7-1-5-3-10-11-8(5)2-6(7)4-12/h1-3,12H,4H2,(H,10,11). The largest absolute Gasteiger partial charge is 0.392 e. The van der Waals surface area contributed by atoms with Crippen LogP contribution in [-0.2, 0) is 6.61 Å². The summed E-state index contributed by atoms with van der Waals surface area (Å²) in [5, 5.41) is 15.9. The minimum Gasteiger partial charge on any atom is -0.392 e. The molecule has 2 aromatic rings. The van der Waals surface area contributed by atoms with E-state index in [9.17, 15) is 4.39 Å². The Hall–Kier alpha value is -1.42. The van der Waals surface area contributed by atoms with E-state index in [1.54, 1.807) is 12.3 Å². The predicted molar refractivity (Wildman–Crippen MR) is 42.0 cm³/mol. The van der Waals surface area contributed by atoms with Crippen molar-refractivity contribution >= 4 is 10.9 Å². The molecule has 12 heavy (non-hydrogen) atoms. The zero-order valence-corrected chi connectivity index (χ0v) is 6.21. The van der Waals surface area contributed by atoms with Gasteiger partial charge in [-0.25, -0.2) is 4.39 Å². The van der Waals surface area contributed by atoms with Gasteiger partial charge in [-0.05, 0) is 12.1 Å². The molecule has 0 aliphatic heterocycles. The number of aliphatic hydroxyl groups is 1. The highest BCUT2D eigenvalue weighted by atomic mass is 19.1. The number of rotatable bonds is 1. The first kappa shape index (κ1) is 7.24. The summed E-state index contributed by atoms with van der Waals surface area (Å²) in [6, 6.07) is 2.90. The number of hydrogen-bond donors (Lipinski definition) is 2. The van der Waals surface area contributed by atoms with E-state index in [-0.39, 0.29) is 12.2 Å². The lowest BCUT2D eigenvalue weighted by molar-refractivity contribution is 0.276. The van der Waals surface area contributed by atoms with Crippen LogP contribution in [0.3, 0.4) is 0 Å². The fourth-order valence-electron chi connectivity index (χ4n) is 1.13. The molecular weight excluding hydrogens is 159 g/mol. The minimum atomic E-state index is -0.397. The summed E-state index contributed by atoms with van der Waals surface area (Å²) in [4.78, 5) is 0. The first-order valence-corrected chi connectivity index (χ1v) is 3.53. The molecule has 0 bridgehead atoms. The van der Waals surface area contributed by atoms with E-state index in [2.05, 4.69) is 10.2 Å². The molecule has 0 atom stereocenters. The number of benzene rings is 1. The molecule has 2 N–H and O–H groups in total. The summed E-state index contributed by atoms with van der Waals surface area (Å²) < 4.78 is 13.0. The Labute approximate surface area is 67.8 Å². The molecule has 3 nitrogen and oxygen atoms in total. The van der Waals surface area contributed by atoms with E-state index < -0.39 is 5.82 Å². The Morgan fingerprint density at radius 1 is 1.50 bits per heavy atom. The summed E-state index contributed by atoms with van der Waals surface area (Å²) in [5.74, 6) is -0.397. The van der Waals surface area contributed by atoms with Crippen molar-refractivity contribution in [2.45, 2.75) is 6.61 Å². The molecule has 1 heterocycles. The van der Waals surface area contributed by atoms with Gasteiger partial charge in [0.15, 0.2) is 0 Å². The Morgan fingerprint density at radius 3 is 3.08 bits per heavy atom. The molecule has 0 aliphatic carbocycles. The number of H-pyrrole nitrogens is 1. The third-order valence-electron chi connectivity index (χ3n) is 1.78. The lowest BCUT2D eigenvalue weighted by Gasteiger charge is -1.97. The van der Waals surface area contributed by atoms with E-state index in [4.69, 9.17) is 5.11 Å². The third-order valence-corrected chi connectivity index (χ3v) is 1.78. The van der Waals surface area contributed by atoms with Crippen molar-refractivity contribution in [3.8, 4) is 0 Å². The van der Waals surface area contributed by atoms with Gasteiger partial charge in [-0.2, -0.15) is 5.10 Å². The van der Waals surface area contributed by atoms with Crippen LogP contribution >= 0.6 is 0 Å². The summed E-state index contributed by atoms with van der Waals surface area (Å²) >= 11 is 0. The van der Waals surface area contributed by atoms with E-state index >= 15 is 0 Å². The second kappa shape index (κ2) is 2.57. The van der Waals surface area contributed by atoms with Gasteiger partial charge in [0.05, 0.1) is 18.3 Å². The van der Waals surface area contributed by atoms with E-state index in [1.807, 2.05) is 0 Å². The van der Waals surface area contributed by atoms with Crippen molar-refractivity contribution in [1.82, 2.24) is 10.2 Å². The van der Waals surface area contributed by atoms with E-state index in [0.29, 0.717) is 5.39 Å². The molecule has 2 rings (SSSR count). The quantitative estimate of drug-likeness (QED) is 0.668. The highest BCUT2D eigenvalue weighted by Crippen LogP contribution is 2.16. The molecule has 0 spiro atoms. The first-order chi connectivity index (χ1) is 5.81. The number of nitrogens with one attached hydrogen (secondary N) is 1. The van der Waals surface area contributed by atoms with Crippen molar-refractivity contribution in [1.29, 1.82) is 0 Å². The Bertz CT molecular complexity index is 410. The molecule has 1 aromatic carbocycles. The number of halogens is 1. The molecule has 0 saturated carbocycles. The van der Waals surface area contributed by atoms with Crippen LogP contribution in [0.15, 0.2) is 18.3 Å². The van der Waals surface area contributed by atoms with Gasteiger partial charge >= 0.3 is 0 Å². The molecule has 0 aliphatic rings. The number of aromatic amines is 1. The molecule has 0 unspecified atom stereocenters. The number of hydrogen-bond acceptors (Lipinski definition) is 2. The van der Waals surface area contributed by atoms with Crippen LogP contribution in [0.1, 0.15) is 5.56 Å². The first-order valence-electron chi connectivity index (χ1n) is 3.53. The van der Waals surface area contributed by atoms with Crippen LogP contribution in [0.4, 0.5) is 4.39 Å². The molecule has 0 saturated heterocycles. The second-order valence-corrected chi connectivity index (χ2v) is 2.56. The van der Waals surface area contributed by atoms with Crippen LogP contribution in [0.25, 0.3) is 10.9 Å². The molecule has 62 valence electrons. The van der Waals surface area contributed by atoms with Gasteiger partial charge in [-0.15, -0.1) is 0 Å². The maximum Gasteiger partial charge on any atom is 0.129 e. The fraction of sp³-hybridized carbons (Fsp3) is 0.125. The molecule has 0 fully saturated rings. The van der Waals surface area contributed by atoms with Gasteiger partial charge in [-0.3, -0.25) is 5.10 Å². The van der Waals surface area contributed by atoms with Crippen LogP contribution in [0, 0.1) is 5.82 Å². The topological polar surface area (TPSA) is 48.9 Å². The van der Waals surface area contributed by atoms with Gasteiger partial charge in [0, 0.05) is 10.9 Å². The average Bonchev–Trinajstić information content (AvgIpc) is 2.49. The zero-order valence-electron chi connectivity index (χ0n) is 6.21. The second-order valence-electron chi connectivity index (χ2n) is 2.56. The summed E-state index contributed by atoms with van der Waals surface area (Å²) in [6.45, 7) is -0.291. The van der Waals surface area contributed by atoms with Crippen molar-refractivity contribution in [3.63, 3.8) is 0 Å². The van der Waals surface area contributed by atoms with Gasteiger partial charge in [0.25, 0.3) is 0 Å². The maximum absolute atomic E-state index is 13.0. The number of fused-ring (bicyclic) bond motifs is 1. The van der Waals surface area contributed by atoms with Crippen molar-refractivity contribution in [2.75, 3.05) is 0 Å². The normalized spacial score (nSPS) is 10.8. The predicted octanol–water partition coefficient (Wildman–Crippen LogP) is 1.19. The van der Waals surface area contributed by atoms with Crippen LogP contribution in [0.5, 0.6) is 0 Å². The van der Waals surface area contributed by atoms with Crippen LogP contribution < -0.4 is 0 Å². The van der Waals surface area contributed by atoms with Gasteiger partial charge in [0.2, 0.25) is 0 Å². The summed E-state index contributed by atoms with van der Waals surface area (Å²) in [7, 11) is 0. The average molecular weight is 166 g/mol. The Balaban J connectivity index is 2.73. The minimum absolute atomic E-state index is 0.284. The number of aromatic nitrogens is 2. The van der Waals surface area contributed by atoms with Gasteiger partial charge in [-0.1, -0.05) is 0 Å². The molecule has 0 amide bonds. The van der Waals surface area contributed by atoms with Gasteiger partial charge in [0.1, 0.15) is 5.82 Å². The lowest BCUT2D eigenvalue weighted by Crippen LogP contribution is -1.88. The van der Waals surface area contributed by atoms with Gasteiger partial charge < -0.3 is 5.11 Å². The van der Waals surface area contributed by atoms with Crippen molar-refractivity contribution in [2.24, 2.45) is 0 Å². The van der Waals surface area contributed by atoms with Crippen molar-refractivity contribution in [3.05, 3.63) is 29.7 Å². The third kappa shape index (κ3) is 0.967. The Morgan fingerprint density at radius 2 is 2.33 bits per heavy atom. The monoisotopic (exact) mass is 166 g/mol. The molecule has 4 heteroatoms. The van der Waals surface area contributed by atoms with Crippen molar-refractivity contribution < 1.29 is 9.50 Å². The molecule has 1 aromatic heterocycles. The highest BCUT2D eigenvalue weighted by Gasteiger charge is 2.03. The number of nitrogens with zero attached hydrogens (tertiary/aromatic N) is 1. The Kier molecular flexibility index (Phi) is 1.55. The summed E-state index contributed by atoms with van der Waals surface area (Å²) in [6.07, 6.45) is 1.54. The van der Waals surface area contributed by atoms with E-state index in [1.165, 1.54) is 6.07 Å². The van der Waals surface area contributed by atoms with E-state index in [0.717, 1.165) is 5.52 Å². The number of aliphatic hydroxyl groups excluding tert-OH is 1. The smallest absolute Gasteiger partial charge is 0.129 e. The SMILES string of the molecule is OCc1cc2[nH]ncc2cc1F. The lowest BCUT2D eigenvalue weighted by atomic mass is 10.1. The maximum atomic E-state index is 13.0. The molecule has 0 radical (unpaired) electrons.